The molecule has 1 aliphatic rings. The molecule has 0 unspecified atom stereocenters. The van der Waals surface area contributed by atoms with E-state index in [0.29, 0.717) is 18.8 Å². The molecule has 19 heavy (non-hydrogen) atoms. The molecule has 104 valence electrons. The summed E-state index contributed by atoms with van der Waals surface area (Å²) in [5, 5.41) is 10.1. The molecule has 0 bridgehead atoms. The van der Waals surface area contributed by atoms with Crippen LogP contribution in [0.1, 0.15) is 13.8 Å². The van der Waals surface area contributed by atoms with Crippen LogP contribution in [-0.4, -0.2) is 41.2 Å². The van der Waals surface area contributed by atoms with Crippen molar-refractivity contribution in [2.75, 3.05) is 19.7 Å². The highest BCUT2D eigenvalue weighted by molar-refractivity contribution is 9.10. The second-order valence-electron chi connectivity index (χ2n) is 5.25. The van der Waals surface area contributed by atoms with E-state index in [1.807, 2.05) is 32.0 Å². The maximum atomic E-state index is 11.9. The molecule has 2 rings (SSSR count). The van der Waals surface area contributed by atoms with Crippen LogP contribution in [0.5, 0.6) is 5.75 Å². The first-order chi connectivity index (χ1) is 8.90. The van der Waals surface area contributed by atoms with E-state index in [1.54, 1.807) is 11.0 Å². The number of β-amino-alcohol motifs (C(OH)–C–C–N with tert-alkyl or cyclic N) is 1. The molecule has 4 nitrogen and oxygen atoms in total. The molecule has 1 heterocycles. The van der Waals surface area contributed by atoms with Gasteiger partial charge in [0.1, 0.15) is 11.4 Å². The van der Waals surface area contributed by atoms with Gasteiger partial charge < -0.3 is 14.7 Å². The van der Waals surface area contributed by atoms with Crippen LogP contribution in [0.2, 0.25) is 0 Å². The average molecular weight is 328 g/mol. The van der Waals surface area contributed by atoms with Gasteiger partial charge in [-0.3, -0.25) is 4.79 Å². The minimum Gasteiger partial charge on any atom is -0.484 e. The number of rotatable bonds is 4. The van der Waals surface area contributed by atoms with Crippen LogP contribution in [0.15, 0.2) is 28.7 Å². The van der Waals surface area contributed by atoms with Gasteiger partial charge in [0, 0.05) is 4.47 Å². The van der Waals surface area contributed by atoms with Crippen LogP contribution in [0.3, 0.4) is 0 Å². The van der Waals surface area contributed by atoms with E-state index in [1.165, 1.54) is 0 Å². The Bertz CT molecular complexity index is 470. The summed E-state index contributed by atoms with van der Waals surface area (Å²) in [6, 6.07) is 7.37. The second kappa shape index (κ2) is 5.51. The number of nitrogens with zero attached hydrogens (tertiary/aromatic N) is 1. The monoisotopic (exact) mass is 327 g/mol. The molecule has 0 aromatic heterocycles. The van der Waals surface area contributed by atoms with Gasteiger partial charge in [0.2, 0.25) is 0 Å². The number of likely N-dealkylation sites (tertiary alicyclic amines) is 1. The number of amides is 1. The van der Waals surface area contributed by atoms with Crippen LogP contribution in [0.4, 0.5) is 0 Å². The molecule has 1 saturated heterocycles. The van der Waals surface area contributed by atoms with E-state index in [2.05, 4.69) is 15.9 Å². The van der Waals surface area contributed by atoms with Gasteiger partial charge in [-0.1, -0.05) is 35.8 Å². The van der Waals surface area contributed by atoms with Crippen molar-refractivity contribution in [3.8, 4) is 5.75 Å². The molecule has 1 aromatic rings. The number of halogens is 1. The molecule has 1 aliphatic heterocycles. The molecule has 5 heteroatoms. The molecular formula is C14H18BrNO3. The summed E-state index contributed by atoms with van der Waals surface area (Å²) >= 11 is 3.35. The second-order valence-corrected chi connectivity index (χ2v) is 6.17. The molecule has 1 amide bonds. The molecule has 1 N–H and O–H groups in total. The number of hydrogen-bond donors (Lipinski definition) is 1. The Balaban J connectivity index is 1.81. The number of carbonyl (C=O) groups excluding carboxylic acids is 1. The number of ether oxygens (including phenoxy) is 1. The molecule has 1 fully saturated rings. The maximum absolute atomic E-state index is 11.9. The van der Waals surface area contributed by atoms with Crippen LogP contribution in [0.25, 0.3) is 0 Å². The highest BCUT2D eigenvalue weighted by Crippen LogP contribution is 2.28. The summed E-state index contributed by atoms with van der Waals surface area (Å²) < 4.78 is 6.34. The van der Waals surface area contributed by atoms with Crippen molar-refractivity contribution in [3.63, 3.8) is 0 Å². The molecule has 0 radical (unpaired) electrons. The molecule has 0 aliphatic carbocycles. The van der Waals surface area contributed by atoms with E-state index in [-0.39, 0.29) is 18.4 Å². The van der Waals surface area contributed by atoms with Crippen molar-refractivity contribution in [2.45, 2.75) is 19.4 Å². The van der Waals surface area contributed by atoms with Crippen molar-refractivity contribution in [2.24, 2.45) is 5.92 Å². The highest BCUT2D eigenvalue weighted by atomic mass is 79.9. The van der Waals surface area contributed by atoms with Gasteiger partial charge >= 0.3 is 0 Å². The fourth-order valence-corrected chi connectivity index (χ4v) is 2.33. The van der Waals surface area contributed by atoms with E-state index < -0.39 is 5.60 Å². The predicted octanol–water partition coefficient (Wildman–Crippen LogP) is 2.06. The lowest BCUT2D eigenvalue weighted by atomic mass is 9.83. The number of carbonyl (C=O) groups is 1. The van der Waals surface area contributed by atoms with E-state index in [0.717, 1.165) is 4.47 Å². The quantitative estimate of drug-likeness (QED) is 0.920. The van der Waals surface area contributed by atoms with Crippen LogP contribution in [0, 0.1) is 5.92 Å². The normalized spacial score (nSPS) is 17.2. The first-order valence-corrected chi connectivity index (χ1v) is 7.08. The topological polar surface area (TPSA) is 49.8 Å². The largest absolute Gasteiger partial charge is 0.484 e. The van der Waals surface area contributed by atoms with E-state index in [4.69, 9.17) is 4.74 Å². The summed E-state index contributed by atoms with van der Waals surface area (Å²) in [6.45, 7) is 4.71. The average Bonchev–Trinajstić information content (AvgIpc) is 2.32. The van der Waals surface area contributed by atoms with Gasteiger partial charge in [0.15, 0.2) is 6.61 Å². The van der Waals surface area contributed by atoms with Crippen molar-refractivity contribution >= 4 is 21.8 Å². The van der Waals surface area contributed by atoms with Gasteiger partial charge in [0.25, 0.3) is 5.91 Å². The molecular weight excluding hydrogens is 310 g/mol. The lowest BCUT2D eigenvalue weighted by molar-refractivity contribution is -0.165. The van der Waals surface area contributed by atoms with Crippen molar-refractivity contribution in [1.82, 2.24) is 4.90 Å². The summed E-state index contributed by atoms with van der Waals surface area (Å²) in [5.41, 5.74) is -0.731. The lowest BCUT2D eigenvalue weighted by Gasteiger charge is -2.48. The van der Waals surface area contributed by atoms with Gasteiger partial charge in [0.05, 0.1) is 13.1 Å². The third-order valence-corrected chi connectivity index (χ3v) is 4.01. The Hall–Kier alpha value is -1.07. The standard InChI is InChI=1S/C14H18BrNO3/c1-10(2)14(18)8-16(9-14)13(17)7-19-12-5-3-4-11(15)6-12/h3-6,10,18H,7-9H2,1-2H3. The summed E-state index contributed by atoms with van der Waals surface area (Å²) in [7, 11) is 0. The molecule has 0 saturated carbocycles. The fraction of sp³-hybridized carbons (Fsp3) is 0.500. The SMILES string of the molecule is CC(C)C1(O)CN(C(=O)COc2cccc(Br)c2)C1. The van der Waals surface area contributed by atoms with Crippen LogP contribution in [-0.2, 0) is 4.79 Å². The summed E-state index contributed by atoms with van der Waals surface area (Å²) in [6.07, 6.45) is 0. The Morgan fingerprint density at radius 3 is 2.79 bits per heavy atom. The van der Waals surface area contributed by atoms with Crippen molar-refractivity contribution in [3.05, 3.63) is 28.7 Å². The van der Waals surface area contributed by atoms with Gasteiger partial charge in [-0.25, -0.2) is 0 Å². The Morgan fingerprint density at radius 2 is 2.21 bits per heavy atom. The zero-order valence-corrected chi connectivity index (χ0v) is 12.7. The third kappa shape index (κ3) is 3.28. The van der Waals surface area contributed by atoms with Gasteiger partial charge in [-0.2, -0.15) is 0 Å². The van der Waals surface area contributed by atoms with Crippen LogP contribution < -0.4 is 4.74 Å². The zero-order valence-electron chi connectivity index (χ0n) is 11.1. The molecule has 0 spiro atoms. The predicted molar refractivity (Wildman–Crippen MR) is 76.0 cm³/mol. The zero-order chi connectivity index (χ0) is 14.0. The minimum atomic E-state index is -0.731. The van der Waals surface area contributed by atoms with Crippen molar-refractivity contribution < 1.29 is 14.6 Å². The molecule has 1 aromatic carbocycles. The number of aliphatic hydroxyl groups is 1. The first kappa shape index (κ1) is 14.3. The summed E-state index contributed by atoms with van der Waals surface area (Å²) in [5.74, 6) is 0.718. The third-order valence-electron chi connectivity index (χ3n) is 3.52. The minimum absolute atomic E-state index is 0.00459. The van der Waals surface area contributed by atoms with Crippen LogP contribution >= 0.6 is 15.9 Å². The Morgan fingerprint density at radius 1 is 1.53 bits per heavy atom. The van der Waals surface area contributed by atoms with Gasteiger partial charge in [-0.05, 0) is 24.1 Å². The highest BCUT2D eigenvalue weighted by Gasteiger charge is 2.45. The maximum Gasteiger partial charge on any atom is 0.260 e. The lowest BCUT2D eigenvalue weighted by Crippen LogP contribution is -2.66. The Kier molecular flexibility index (Phi) is 4.16. The number of benzene rings is 1. The van der Waals surface area contributed by atoms with E-state index in [9.17, 15) is 9.90 Å². The number of hydrogen-bond acceptors (Lipinski definition) is 3. The smallest absolute Gasteiger partial charge is 0.260 e. The fourth-order valence-electron chi connectivity index (χ4n) is 1.95. The Labute approximate surface area is 121 Å². The summed E-state index contributed by atoms with van der Waals surface area (Å²) in [4.78, 5) is 13.5. The van der Waals surface area contributed by atoms with Crippen molar-refractivity contribution in [1.29, 1.82) is 0 Å². The molecule has 0 atom stereocenters. The van der Waals surface area contributed by atoms with Gasteiger partial charge in [-0.15, -0.1) is 0 Å². The first-order valence-electron chi connectivity index (χ1n) is 6.29. The van der Waals surface area contributed by atoms with E-state index >= 15 is 0 Å².